The average Bonchev–Trinajstić information content (AvgIpc) is 2.57. The molecule has 1 N–H and O–H groups in total. The molecule has 5 nitrogen and oxygen atoms in total. The molecule has 0 aliphatic heterocycles. The van der Waals surface area contributed by atoms with E-state index in [1.54, 1.807) is 58.2 Å². The number of nitrogens with one attached hydrogen (secondary N) is 1. The standard InChI is InChI=1S/C20H26N2O3S/c1-14-8-9-15(2)17(11-14)26(24,25)18(16-7-6-10-21-12-16)13-22-19(23)20(3,4)5/h6-12,18H,13H2,1-5H3,(H,22,23)/t18-/m0/s1. The lowest BCUT2D eigenvalue weighted by molar-refractivity contribution is -0.128. The Hall–Kier alpha value is -2.21. The van der Waals surface area contributed by atoms with E-state index in [2.05, 4.69) is 10.3 Å². The van der Waals surface area contributed by atoms with Gasteiger partial charge in [0.1, 0.15) is 5.25 Å². The van der Waals surface area contributed by atoms with Crippen molar-refractivity contribution < 1.29 is 13.2 Å². The molecule has 1 aromatic carbocycles. The smallest absolute Gasteiger partial charge is 0.225 e. The van der Waals surface area contributed by atoms with Gasteiger partial charge in [-0.3, -0.25) is 9.78 Å². The van der Waals surface area contributed by atoms with Crippen molar-refractivity contribution in [1.29, 1.82) is 0 Å². The first-order valence-electron chi connectivity index (χ1n) is 8.53. The Balaban J connectivity index is 2.46. The second kappa shape index (κ2) is 7.58. The molecule has 140 valence electrons. The molecule has 0 bridgehead atoms. The second-order valence-electron chi connectivity index (χ2n) is 7.55. The predicted octanol–water partition coefficient (Wildman–Crippen LogP) is 3.38. The minimum Gasteiger partial charge on any atom is -0.354 e. The number of nitrogens with zero attached hydrogens (tertiary/aromatic N) is 1. The highest BCUT2D eigenvalue weighted by Gasteiger charge is 2.32. The summed E-state index contributed by atoms with van der Waals surface area (Å²) >= 11 is 0. The van der Waals surface area contributed by atoms with E-state index in [0.717, 1.165) is 5.56 Å². The lowest BCUT2D eigenvalue weighted by Crippen LogP contribution is -2.38. The zero-order chi connectivity index (χ0) is 19.5. The van der Waals surface area contributed by atoms with E-state index in [9.17, 15) is 13.2 Å². The Bertz CT molecular complexity index is 885. The molecule has 0 aliphatic carbocycles. The predicted molar refractivity (Wildman–Crippen MR) is 103 cm³/mol. The fraction of sp³-hybridized carbons (Fsp3) is 0.400. The summed E-state index contributed by atoms with van der Waals surface area (Å²) in [6.07, 6.45) is 3.13. The zero-order valence-electron chi connectivity index (χ0n) is 15.9. The Kier molecular flexibility index (Phi) is 5.86. The van der Waals surface area contributed by atoms with E-state index in [4.69, 9.17) is 0 Å². The Morgan fingerprint density at radius 1 is 1.19 bits per heavy atom. The van der Waals surface area contributed by atoms with Gasteiger partial charge >= 0.3 is 0 Å². The fourth-order valence-corrected chi connectivity index (χ4v) is 4.56. The third-order valence-corrected chi connectivity index (χ3v) is 6.45. The van der Waals surface area contributed by atoms with E-state index in [0.29, 0.717) is 11.1 Å². The topological polar surface area (TPSA) is 76.1 Å². The number of aromatic nitrogens is 1. The lowest BCUT2D eigenvalue weighted by Gasteiger charge is -2.23. The maximum atomic E-state index is 13.4. The third-order valence-electron chi connectivity index (χ3n) is 4.21. The van der Waals surface area contributed by atoms with Crippen LogP contribution in [0.25, 0.3) is 0 Å². The van der Waals surface area contributed by atoms with Gasteiger partial charge in [-0.05, 0) is 42.7 Å². The van der Waals surface area contributed by atoms with Crippen molar-refractivity contribution in [3.63, 3.8) is 0 Å². The summed E-state index contributed by atoms with van der Waals surface area (Å²) in [6.45, 7) is 9.01. The average molecular weight is 375 g/mol. The second-order valence-corrected chi connectivity index (χ2v) is 9.65. The van der Waals surface area contributed by atoms with Crippen LogP contribution in [0.15, 0.2) is 47.6 Å². The molecule has 6 heteroatoms. The Morgan fingerprint density at radius 3 is 2.46 bits per heavy atom. The molecule has 0 unspecified atom stereocenters. The summed E-state index contributed by atoms with van der Waals surface area (Å²) in [4.78, 5) is 16.6. The van der Waals surface area contributed by atoms with Gasteiger partial charge in [-0.2, -0.15) is 0 Å². The minimum atomic E-state index is -3.70. The fourth-order valence-electron chi connectivity index (χ4n) is 2.59. The van der Waals surface area contributed by atoms with Crippen molar-refractivity contribution in [2.45, 2.75) is 44.8 Å². The summed E-state index contributed by atoms with van der Waals surface area (Å²) in [5, 5.41) is 1.89. The molecule has 0 radical (unpaired) electrons. The SMILES string of the molecule is Cc1ccc(C)c(S(=O)(=O)[C@@H](CNC(=O)C(C)(C)C)c2cccnc2)c1. The monoisotopic (exact) mass is 374 g/mol. The van der Waals surface area contributed by atoms with Crippen molar-refractivity contribution in [1.82, 2.24) is 10.3 Å². The van der Waals surface area contributed by atoms with Crippen LogP contribution < -0.4 is 5.32 Å². The number of amides is 1. The van der Waals surface area contributed by atoms with Crippen molar-refractivity contribution in [3.8, 4) is 0 Å². The molecule has 1 atom stereocenters. The highest BCUT2D eigenvalue weighted by atomic mass is 32.2. The van der Waals surface area contributed by atoms with Gasteiger partial charge < -0.3 is 5.32 Å². The number of carbonyl (C=O) groups excluding carboxylic acids is 1. The largest absolute Gasteiger partial charge is 0.354 e. The number of aryl methyl sites for hydroxylation is 2. The van der Waals surface area contributed by atoms with Gasteiger partial charge in [-0.15, -0.1) is 0 Å². The molecular weight excluding hydrogens is 348 g/mol. The molecule has 0 aliphatic rings. The molecule has 0 spiro atoms. The van der Waals surface area contributed by atoms with Crippen LogP contribution >= 0.6 is 0 Å². The molecule has 2 rings (SSSR count). The molecule has 0 saturated carbocycles. The van der Waals surface area contributed by atoms with Crippen LogP contribution in [0, 0.1) is 19.3 Å². The molecule has 26 heavy (non-hydrogen) atoms. The van der Waals surface area contributed by atoms with Crippen LogP contribution in [0.2, 0.25) is 0 Å². The lowest BCUT2D eigenvalue weighted by atomic mass is 9.95. The summed E-state index contributed by atoms with van der Waals surface area (Å²) in [6, 6.07) is 8.79. The molecule has 2 aromatic rings. The van der Waals surface area contributed by atoms with Crippen molar-refractivity contribution in [3.05, 3.63) is 59.4 Å². The van der Waals surface area contributed by atoms with E-state index >= 15 is 0 Å². The van der Waals surface area contributed by atoms with Gasteiger partial charge in [0.15, 0.2) is 9.84 Å². The Labute approximate surface area is 155 Å². The van der Waals surface area contributed by atoms with Crippen LogP contribution in [-0.2, 0) is 14.6 Å². The normalized spacial score (nSPS) is 13.3. The van der Waals surface area contributed by atoms with Crippen LogP contribution in [-0.4, -0.2) is 25.9 Å². The quantitative estimate of drug-likeness (QED) is 0.870. The van der Waals surface area contributed by atoms with E-state index < -0.39 is 20.5 Å². The van der Waals surface area contributed by atoms with E-state index in [-0.39, 0.29) is 17.3 Å². The first kappa shape index (κ1) is 20.1. The van der Waals surface area contributed by atoms with E-state index in [1.165, 1.54) is 6.20 Å². The third kappa shape index (κ3) is 4.49. The van der Waals surface area contributed by atoms with Gasteiger partial charge in [-0.1, -0.05) is 39.0 Å². The summed E-state index contributed by atoms with van der Waals surface area (Å²) in [5.41, 5.74) is 1.52. The van der Waals surface area contributed by atoms with Crippen LogP contribution in [0.1, 0.15) is 42.7 Å². The first-order valence-corrected chi connectivity index (χ1v) is 10.1. The maximum Gasteiger partial charge on any atom is 0.225 e. The molecule has 0 saturated heterocycles. The highest BCUT2D eigenvalue weighted by Crippen LogP contribution is 2.31. The van der Waals surface area contributed by atoms with Gasteiger partial charge in [-0.25, -0.2) is 8.42 Å². The number of benzene rings is 1. The number of hydrogen-bond acceptors (Lipinski definition) is 4. The van der Waals surface area contributed by atoms with Gasteiger partial charge in [0.25, 0.3) is 0 Å². The minimum absolute atomic E-state index is 0.00247. The van der Waals surface area contributed by atoms with E-state index in [1.807, 2.05) is 13.0 Å². The molecule has 1 heterocycles. The number of rotatable bonds is 5. The van der Waals surface area contributed by atoms with Crippen LogP contribution in [0.4, 0.5) is 0 Å². The maximum absolute atomic E-state index is 13.4. The Morgan fingerprint density at radius 2 is 1.88 bits per heavy atom. The van der Waals surface area contributed by atoms with Crippen molar-refractivity contribution in [2.24, 2.45) is 5.41 Å². The number of pyridine rings is 1. The summed E-state index contributed by atoms with van der Waals surface area (Å²) in [7, 11) is -3.70. The number of hydrogen-bond donors (Lipinski definition) is 1. The highest BCUT2D eigenvalue weighted by molar-refractivity contribution is 7.91. The van der Waals surface area contributed by atoms with Crippen LogP contribution in [0.5, 0.6) is 0 Å². The summed E-state index contributed by atoms with van der Waals surface area (Å²) < 4.78 is 26.8. The van der Waals surface area contributed by atoms with Gasteiger partial charge in [0.05, 0.1) is 4.90 Å². The molecule has 0 fully saturated rings. The summed E-state index contributed by atoms with van der Waals surface area (Å²) in [5.74, 6) is -0.192. The van der Waals surface area contributed by atoms with Crippen LogP contribution in [0.3, 0.4) is 0 Å². The number of sulfone groups is 1. The first-order chi connectivity index (χ1) is 12.0. The zero-order valence-corrected chi connectivity index (χ0v) is 16.7. The molecular formula is C20H26N2O3S. The number of carbonyl (C=O) groups is 1. The van der Waals surface area contributed by atoms with Crippen molar-refractivity contribution in [2.75, 3.05) is 6.54 Å². The molecule has 1 amide bonds. The van der Waals surface area contributed by atoms with Gasteiger partial charge in [0.2, 0.25) is 5.91 Å². The molecule has 1 aromatic heterocycles. The van der Waals surface area contributed by atoms with Crippen molar-refractivity contribution >= 4 is 15.7 Å². The van der Waals surface area contributed by atoms with Gasteiger partial charge in [0, 0.05) is 24.4 Å².